The van der Waals surface area contributed by atoms with Crippen molar-refractivity contribution >= 4 is 23.4 Å². The molecular formula is C19H19FN4OS. The molecule has 0 spiro atoms. The average Bonchev–Trinajstić information content (AvgIpc) is 2.66. The molecule has 1 heterocycles. The molecule has 1 N–H and O–H groups in total. The summed E-state index contributed by atoms with van der Waals surface area (Å²) in [4.78, 5) is 13.4. The Balaban J connectivity index is 1.78. The summed E-state index contributed by atoms with van der Waals surface area (Å²) in [6.07, 6.45) is 0.872. The molecule has 0 saturated heterocycles. The van der Waals surface area contributed by atoms with Crippen LogP contribution >= 0.6 is 11.8 Å². The van der Waals surface area contributed by atoms with E-state index in [4.69, 9.17) is 0 Å². The highest BCUT2D eigenvalue weighted by atomic mass is 32.2. The van der Waals surface area contributed by atoms with Gasteiger partial charge in [0.05, 0.1) is 0 Å². The lowest BCUT2D eigenvalue weighted by molar-refractivity contribution is 0.626. The number of aromatic nitrogens is 3. The van der Waals surface area contributed by atoms with Crippen LogP contribution in [0.25, 0.3) is 0 Å². The minimum absolute atomic E-state index is 0.203. The third-order valence-electron chi connectivity index (χ3n) is 3.97. The van der Waals surface area contributed by atoms with Crippen LogP contribution in [0.1, 0.15) is 18.2 Å². The molecular weight excluding hydrogens is 351 g/mol. The van der Waals surface area contributed by atoms with Gasteiger partial charge < -0.3 is 5.32 Å². The highest BCUT2D eigenvalue weighted by molar-refractivity contribution is 7.98. The summed E-state index contributed by atoms with van der Waals surface area (Å²) in [5.74, 6) is 0.483. The lowest BCUT2D eigenvalue weighted by Gasteiger charge is -2.13. The monoisotopic (exact) mass is 370 g/mol. The number of hydrogen-bond donors (Lipinski definition) is 1. The van der Waals surface area contributed by atoms with Crippen LogP contribution in [0.15, 0.2) is 58.2 Å². The first kappa shape index (κ1) is 18.1. The molecule has 134 valence electrons. The summed E-state index contributed by atoms with van der Waals surface area (Å²) < 4.78 is 14.4. The molecule has 3 aromatic rings. The Morgan fingerprint density at radius 2 is 1.85 bits per heavy atom. The molecule has 0 aliphatic rings. The van der Waals surface area contributed by atoms with Gasteiger partial charge in [0.2, 0.25) is 5.95 Å². The van der Waals surface area contributed by atoms with Gasteiger partial charge in [0.25, 0.3) is 5.56 Å². The molecule has 0 aliphatic carbocycles. The molecule has 0 fully saturated rings. The summed E-state index contributed by atoms with van der Waals surface area (Å²) in [6.45, 7) is 2.07. The zero-order chi connectivity index (χ0) is 18.5. The first-order chi connectivity index (χ1) is 12.6. The molecule has 0 atom stereocenters. The van der Waals surface area contributed by atoms with Crippen LogP contribution in [0, 0.1) is 5.82 Å². The maximum Gasteiger partial charge on any atom is 0.277 e. The molecule has 5 nitrogen and oxygen atoms in total. The van der Waals surface area contributed by atoms with Crippen molar-refractivity contribution in [3.8, 4) is 0 Å². The number of rotatable bonds is 6. The number of hydrogen-bond acceptors (Lipinski definition) is 5. The second-order valence-electron chi connectivity index (χ2n) is 5.71. The highest BCUT2D eigenvalue weighted by Crippen LogP contribution is 2.22. The van der Waals surface area contributed by atoms with Gasteiger partial charge in [0, 0.05) is 23.4 Å². The minimum Gasteiger partial charge on any atom is -0.324 e. The number of anilines is 2. The molecule has 0 unspecified atom stereocenters. The van der Waals surface area contributed by atoms with Crippen molar-refractivity contribution in [1.82, 2.24) is 14.8 Å². The van der Waals surface area contributed by atoms with Crippen LogP contribution in [0.4, 0.5) is 16.0 Å². The van der Waals surface area contributed by atoms with Gasteiger partial charge in [-0.15, -0.1) is 22.0 Å². The van der Waals surface area contributed by atoms with Crippen LogP contribution in [0.3, 0.4) is 0 Å². The van der Waals surface area contributed by atoms with E-state index < -0.39 is 0 Å². The van der Waals surface area contributed by atoms with E-state index in [1.165, 1.54) is 28.5 Å². The van der Waals surface area contributed by atoms with E-state index >= 15 is 0 Å². The molecule has 7 heteroatoms. The van der Waals surface area contributed by atoms with Crippen molar-refractivity contribution < 1.29 is 4.39 Å². The van der Waals surface area contributed by atoms with Crippen molar-refractivity contribution in [3.05, 3.63) is 76.0 Å². The maximum absolute atomic E-state index is 13.0. The van der Waals surface area contributed by atoms with E-state index in [0.29, 0.717) is 17.4 Å². The Bertz CT molecular complexity index is 956. The number of aryl methyl sites for hydroxylation is 1. The van der Waals surface area contributed by atoms with Gasteiger partial charge in [-0.2, -0.15) is 0 Å². The number of benzene rings is 2. The molecule has 0 aliphatic heterocycles. The van der Waals surface area contributed by atoms with Gasteiger partial charge in [-0.05, 0) is 42.3 Å². The summed E-state index contributed by atoms with van der Waals surface area (Å²) in [7, 11) is 1.67. The molecule has 3 rings (SSSR count). The van der Waals surface area contributed by atoms with E-state index in [0.717, 1.165) is 22.6 Å². The second kappa shape index (κ2) is 8.14. The predicted molar refractivity (Wildman–Crippen MR) is 102 cm³/mol. The first-order valence-electron chi connectivity index (χ1n) is 8.24. The Labute approximate surface area is 155 Å². The number of nitrogens with one attached hydrogen (secondary N) is 1. The highest BCUT2D eigenvalue weighted by Gasteiger charge is 2.11. The quantitative estimate of drug-likeness (QED) is 0.667. The van der Waals surface area contributed by atoms with Crippen molar-refractivity contribution in [2.24, 2.45) is 7.05 Å². The fraction of sp³-hybridized carbons (Fsp3) is 0.211. The molecule has 0 bridgehead atoms. The largest absolute Gasteiger partial charge is 0.324 e. The maximum atomic E-state index is 13.0. The van der Waals surface area contributed by atoms with Crippen molar-refractivity contribution in [1.29, 1.82) is 0 Å². The summed E-state index contributed by atoms with van der Waals surface area (Å²) in [6, 6.07) is 14.0. The smallest absolute Gasteiger partial charge is 0.277 e. The molecule has 0 saturated carbocycles. The topological polar surface area (TPSA) is 59.8 Å². The van der Waals surface area contributed by atoms with Crippen LogP contribution in [-0.2, 0) is 19.2 Å². The molecule has 1 aromatic heterocycles. The Hall–Kier alpha value is -2.67. The lowest BCUT2D eigenvalue weighted by atomic mass is 10.1. The van der Waals surface area contributed by atoms with E-state index in [9.17, 15) is 9.18 Å². The molecule has 2 aromatic carbocycles. The second-order valence-corrected chi connectivity index (χ2v) is 6.76. The third-order valence-corrected chi connectivity index (χ3v) is 4.99. The van der Waals surface area contributed by atoms with Crippen LogP contribution in [-0.4, -0.2) is 14.8 Å². The summed E-state index contributed by atoms with van der Waals surface area (Å²) in [5, 5.41) is 11.4. The Morgan fingerprint density at radius 1 is 1.12 bits per heavy atom. The van der Waals surface area contributed by atoms with Gasteiger partial charge in [-0.3, -0.25) is 9.36 Å². The van der Waals surface area contributed by atoms with Gasteiger partial charge >= 0.3 is 0 Å². The number of para-hydroxylation sites is 1. The standard InChI is InChI=1S/C19H19FN4OS/c1-3-13-6-4-5-7-16(13)21-19-23-22-17(18(25)24(19)2)12-26-15-10-8-14(20)9-11-15/h4-11H,3,12H2,1-2H3,(H,21,23). The minimum atomic E-state index is -0.284. The van der Waals surface area contributed by atoms with Crippen molar-refractivity contribution in [2.75, 3.05) is 5.32 Å². The zero-order valence-electron chi connectivity index (χ0n) is 14.6. The SMILES string of the molecule is CCc1ccccc1Nc1nnc(CSc2ccc(F)cc2)c(=O)n1C. The van der Waals surface area contributed by atoms with Gasteiger partial charge in [-0.1, -0.05) is 25.1 Å². The first-order valence-corrected chi connectivity index (χ1v) is 9.23. The van der Waals surface area contributed by atoms with E-state index in [1.54, 1.807) is 19.2 Å². The predicted octanol–water partition coefficient (Wildman–Crippen LogP) is 3.91. The fourth-order valence-corrected chi connectivity index (χ4v) is 3.27. The number of halogens is 1. The lowest BCUT2D eigenvalue weighted by Crippen LogP contribution is -2.26. The van der Waals surface area contributed by atoms with Crippen molar-refractivity contribution in [2.45, 2.75) is 24.0 Å². The summed E-state index contributed by atoms with van der Waals surface area (Å²) in [5.41, 5.74) is 2.20. The normalized spacial score (nSPS) is 10.7. The van der Waals surface area contributed by atoms with E-state index in [1.807, 2.05) is 24.3 Å². The Kier molecular flexibility index (Phi) is 5.68. The van der Waals surface area contributed by atoms with Crippen LogP contribution < -0.4 is 10.9 Å². The van der Waals surface area contributed by atoms with Gasteiger partial charge in [0.15, 0.2) is 0 Å². The average molecular weight is 370 g/mol. The van der Waals surface area contributed by atoms with Gasteiger partial charge in [-0.25, -0.2) is 4.39 Å². The molecule has 0 amide bonds. The zero-order valence-corrected chi connectivity index (χ0v) is 15.4. The van der Waals surface area contributed by atoms with Crippen LogP contribution in [0.5, 0.6) is 0 Å². The third kappa shape index (κ3) is 4.11. The van der Waals surface area contributed by atoms with Gasteiger partial charge in [0.1, 0.15) is 11.5 Å². The summed E-state index contributed by atoms with van der Waals surface area (Å²) >= 11 is 1.42. The van der Waals surface area contributed by atoms with Crippen molar-refractivity contribution in [3.63, 3.8) is 0 Å². The van der Waals surface area contributed by atoms with E-state index in [-0.39, 0.29) is 11.4 Å². The molecule has 0 radical (unpaired) electrons. The molecule has 26 heavy (non-hydrogen) atoms. The number of nitrogens with zero attached hydrogens (tertiary/aromatic N) is 3. The number of thioether (sulfide) groups is 1. The van der Waals surface area contributed by atoms with Crippen LogP contribution in [0.2, 0.25) is 0 Å². The Morgan fingerprint density at radius 3 is 2.58 bits per heavy atom. The van der Waals surface area contributed by atoms with E-state index in [2.05, 4.69) is 22.4 Å². The fourth-order valence-electron chi connectivity index (χ4n) is 2.46.